The lowest BCUT2D eigenvalue weighted by Crippen LogP contribution is -2.34. The number of rotatable bonds is 5. The van der Waals surface area contributed by atoms with Crippen molar-refractivity contribution in [1.29, 1.82) is 0 Å². The molecule has 28 heavy (non-hydrogen) atoms. The van der Waals surface area contributed by atoms with Gasteiger partial charge in [-0.3, -0.25) is 4.90 Å². The van der Waals surface area contributed by atoms with Crippen LogP contribution >= 0.6 is 0 Å². The van der Waals surface area contributed by atoms with Gasteiger partial charge in [0.1, 0.15) is 0 Å². The van der Waals surface area contributed by atoms with Crippen molar-refractivity contribution in [3.05, 3.63) is 96.1 Å². The first kappa shape index (κ1) is 18.7. The Bertz CT molecular complexity index is 965. The predicted molar refractivity (Wildman–Crippen MR) is 105 cm³/mol. The van der Waals surface area contributed by atoms with Gasteiger partial charge in [0.15, 0.2) is 0 Å². The number of carboxylic acid groups (broad SMARTS) is 1. The van der Waals surface area contributed by atoms with E-state index in [-0.39, 0.29) is 17.1 Å². The summed E-state index contributed by atoms with van der Waals surface area (Å²) in [7, 11) is 0. The fourth-order valence-electron chi connectivity index (χ4n) is 2.59. The molecule has 0 bridgehead atoms. The summed E-state index contributed by atoms with van der Waals surface area (Å²) in [6.07, 6.45) is 0. The molecule has 0 unspecified atom stereocenters. The average molecular weight is 375 g/mol. The molecule has 3 N–H and O–H groups in total. The molecule has 0 aliphatic carbocycles. The van der Waals surface area contributed by atoms with E-state index in [1.54, 1.807) is 4.90 Å². The minimum atomic E-state index is -1.24. The third kappa shape index (κ3) is 4.16. The van der Waals surface area contributed by atoms with Gasteiger partial charge in [-0.1, -0.05) is 48.5 Å². The highest BCUT2D eigenvalue weighted by molar-refractivity contribution is 6.04. The number of nitrogens with two attached hydrogens (primary N) is 1. The van der Waals surface area contributed by atoms with Crippen molar-refractivity contribution in [3.63, 3.8) is 0 Å². The Morgan fingerprint density at radius 3 is 1.75 bits per heavy atom. The zero-order valence-electron chi connectivity index (χ0n) is 14.7. The van der Waals surface area contributed by atoms with E-state index in [9.17, 15) is 14.7 Å². The van der Waals surface area contributed by atoms with E-state index < -0.39 is 11.9 Å². The van der Waals surface area contributed by atoms with Crippen molar-refractivity contribution in [2.24, 2.45) is 10.9 Å². The molecule has 0 atom stereocenters. The van der Waals surface area contributed by atoms with Gasteiger partial charge in [0, 0.05) is 11.4 Å². The van der Waals surface area contributed by atoms with Crippen LogP contribution in [-0.2, 0) is 4.84 Å². The topological polar surface area (TPSA) is 105 Å². The van der Waals surface area contributed by atoms with Gasteiger partial charge in [-0.25, -0.2) is 9.59 Å². The second kappa shape index (κ2) is 8.50. The number of aromatic carboxylic acids is 1. The van der Waals surface area contributed by atoms with Gasteiger partial charge in [0.25, 0.3) is 0 Å². The lowest BCUT2D eigenvalue weighted by atomic mass is 10.1. The van der Waals surface area contributed by atoms with Gasteiger partial charge in [-0.15, -0.1) is 0 Å². The highest BCUT2D eigenvalue weighted by atomic mass is 16.7. The van der Waals surface area contributed by atoms with E-state index in [4.69, 9.17) is 10.6 Å². The molecule has 0 aliphatic heterocycles. The molecule has 0 heterocycles. The number of para-hydroxylation sites is 2. The second-order valence-electron chi connectivity index (χ2n) is 5.69. The van der Waals surface area contributed by atoms with Gasteiger partial charge in [-0.05, 0) is 41.6 Å². The number of hydrogen-bond donors (Lipinski definition) is 2. The maximum atomic E-state index is 12.3. The maximum absolute atomic E-state index is 12.3. The molecule has 3 rings (SSSR count). The summed E-state index contributed by atoms with van der Waals surface area (Å²) in [5.74, 6) is -2.24. The van der Waals surface area contributed by atoms with Gasteiger partial charge in [0.2, 0.25) is 5.96 Å². The Hall–Kier alpha value is -4.13. The smallest absolute Gasteiger partial charge is 0.366 e. The number of hydrogen-bond acceptors (Lipinski definition) is 4. The molecular formula is C21H17N3O4. The van der Waals surface area contributed by atoms with Gasteiger partial charge >= 0.3 is 11.9 Å². The molecule has 0 saturated carbocycles. The van der Waals surface area contributed by atoms with Crippen LogP contribution in [0.25, 0.3) is 0 Å². The molecule has 0 fully saturated rings. The van der Waals surface area contributed by atoms with Gasteiger partial charge < -0.3 is 15.7 Å². The van der Waals surface area contributed by atoms with Crippen LogP contribution in [0.15, 0.2) is 90.1 Å². The van der Waals surface area contributed by atoms with E-state index in [0.29, 0.717) is 0 Å². The van der Waals surface area contributed by atoms with Gasteiger partial charge in [-0.2, -0.15) is 0 Å². The van der Waals surface area contributed by atoms with E-state index in [1.165, 1.54) is 24.3 Å². The number of nitrogens with zero attached hydrogens (tertiary/aromatic N) is 2. The van der Waals surface area contributed by atoms with Crippen LogP contribution < -0.4 is 10.6 Å². The first-order valence-corrected chi connectivity index (χ1v) is 8.35. The zero-order chi connectivity index (χ0) is 19.9. The minimum absolute atomic E-state index is 0.0847. The average Bonchev–Trinajstić information content (AvgIpc) is 2.73. The van der Waals surface area contributed by atoms with E-state index in [0.717, 1.165) is 11.4 Å². The SMILES string of the molecule is N/C(=N/OC(=O)c1ccccc1C(=O)O)N(c1ccccc1)c1ccccc1. The predicted octanol–water partition coefficient (Wildman–Crippen LogP) is 3.61. The molecule has 0 aromatic heterocycles. The summed E-state index contributed by atoms with van der Waals surface area (Å²) in [5.41, 5.74) is 7.24. The summed E-state index contributed by atoms with van der Waals surface area (Å²) in [4.78, 5) is 30.1. The normalized spacial score (nSPS) is 10.9. The van der Waals surface area contributed by atoms with E-state index in [1.807, 2.05) is 60.7 Å². The number of benzene rings is 3. The molecule has 7 nitrogen and oxygen atoms in total. The summed E-state index contributed by atoms with van der Waals surface area (Å²) in [5, 5.41) is 12.9. The molecule has 0 aliphatic rings. The molecule has 0 saturated heterocycles. The molecule has 7 heteroatoms. The number of carboxylic acids is 1. The fourth-order valence-corrected chi connectivity index (χ4v) is 2.59. The van der Waals surface area contributed by atoms with Crippen molar-refractivity contribution >= 4 is 29.3 Å². The number of carbonyl (C=O) groups is 2. The first-order valence-electron chi connectivity index (χ1n) is 8.35. The number of oxime groups is 1. The lowest BCUT2D eigenvalue weighted by Gasteiger charge is -2.23. The molecule has 0 amide bonds. The van der Waals surface area contributed by atoms with Crippen molar-refractivity contribution in [3.8, 4) is 0 Å². The summed E-state index contributed by atoms with van der Waals surface area (Å²) in [6, 6.07) is 24.1. The Morgan fingerprint density at radius 1 is 0.786 bits per heavy atom. The standard InChI is InChI=1S/C21H17N3O4/c22-21(23-28-20(27)18-14-8-7-13-17(18)19(25)26)24(15-9-3-1-4-10-15)16-11-5-2-6-12-16/h1-14H,(H2,22,23)(H,25,26). The highest BCUT2D eigenvalue weighted by Gasteiger charge is 2.19. The first-order chi connectivity index (χ1) is 13.6. The number of anilines is 2. The Balaban J connectivity index is 1.90. The number of carbonyl (C=O) groups excluding carboxylic acids is 1. The van der Waals surface area contributed by atoms with Crippen molar-refractivity contribution in [2.75, 3.05) is 4.90 Å². The Morgan fingerprint density at radius 2 is 1.25 bits per heavy atom. The zero-order valence-corrected chi connectivity index (χ0v) is 14.7. The Labute approximate surface area is 161 Å². The largest absolute Gasteiger partial charge is 0.478 e. The van der Waals surface area contributed by atoms with Crippen molar-refractivity contribution in [2.45, 2.75) is 0 Å². The molecule has 0 spiro atoms. The third-order valence-corrected chi connectivity index (χ3v) is 3.86. The monoisotopic (exact) mass is 375 g/mol. The van der Waals surface area contributed by atoms with Crippen LogP contribution in [0, 0.1) is 0 Å². The summed E-state index contributed by atoms with van der Waals surface area (Å²) in [6.45, 7) is 0. The molecule has 3 aromatic rings. The van der Waals surface area contributed by atoms with E-state index in [2.05, 4.69) is 5.16 Å². The molecule has 0 radical (unpaired) electrons. The fraction of sp³-hybridized carbons (Fsp3) is 0. The minimum Gasteiger partial charge on any atom is -0.478 e. The summed E-state index contributed by atoms with van der Waals surface area (Å²) < 4.78 is 0. The van der Waals surface area contributed by atoms with Crippen LogP contribution in [0.2, 0.25) is 0 Å². The van der Waals surface area contributed by atoms with Crippen LogP contribution in [0.4, 0.5) is 11.4 Å². The highest BCUT2D eigenvalue weighted by Crippen LogP contribution is 2.24. The van der Waals surface area contributed by atoms with Crippen LogP contribution in [0.1, 0.15) is 20.7 Å². The quantitative estimate of drug-likeness (QED) is 0.305. The van der Waals surface area contributed by atoms with Crippen LogP contribution in [0.3, 0.4) is 0 Å². The Kier molecular flexibility index (Phi) is 5.66. The molecule has 140 valence electrons. The van der Waals surface area contributed by atoms with Crippen molar-refractivity contribution in [1.82, 2.24) is 0 Å². The van der Waals surface area contributed by atoms with Crippen LogP contribution in [-0.4, -0.2) is 23.0 Å². The van der Waals surface area contributed by atoms with Crippen LogP contribution in [0.5, 0.6) is 0 Å². The molecule has 3 aromatic carbocycles. The van der Waals surface area contributed by atoms with Gasteiger partial charge in [0.05, 0.1) is 11.1 Å². The van der Waals surface area contributed by atoms with Crippen molar-refractivity contribution < 1.29 is 19.5 Å². The lowest BCUT2D eigenvalue weighted by molar-refractivity contribution is 0.0504. The summed E-state index contributed by atoms with van der Waals surface area (Å²) >= 11 is 0. The maximum Gasteiger partial charge on any atom is 0.366 e. The number of guanidine groups is 1. The van der Waals surface area contributed by atoms with E-state index >= 15 is 0 Å². The second-order valence-corrected chi connectivity index (χ2v) is 5.69. The third-order valence-electron chi connectivity index (χ3n) is 3.86. The molecular weight excluding hydrogens is 358 g/mol.